The molecule has 1 rings (SSSR count). The van der Waals surface area contributed by atoms with E-state index in [1.807, 2.05) is 0 Å². The van der Waals surface area contributed by atoms with E-state index in [9.17, 15) is 0 Å². The molecule has 1 saturated heterocycles. The van der Waals surface area contributed by atoms with Gasteiger partial charge in [-0.25, -0.2) is 5.14 Å². The fourth-order valence-corrected chi connectivity index (χ4v) is 1.75. The Labute approximate surface area is 55.9 Å². The molecule has 1 aliphatic heterocycles. The van der Waals surface area contributed by atoms with Crippen LogP contribution in [0.5, 0.6) is 0 Å². The lowest BCUT2D eigenvalue weighted by atomic mass is 10.4. The van der Waals surface area contributed by atoms with E-state index in [0.29, 0.717) is 6.54 Å². The smallest absolute Gasteiger partial charge is 0.0772 e. The maximum atomic E-state index is 8.89. The van der Waals surface area contributed by atoms with Gasteiger partial charge in [-0.05, 0) is 13.0 Å². The summed E-state index contributed by atoms with van der Waals surface area (Å²) in [5.74, 6) is 0. The van der Waals surface area contributed by atoms with Crippen LogP contribution in [0.15, 0.2) is 0 Å². The summed E-state index contributed by atoms with van der Waals surface area (Å²) in [6, 6.07) is 0. The highest BCUT2D eigenvalue weighted by molar-refractivity contribution is 8.22. The fraction of sp³-hybridized carbons (Fsp3) is 1.00. The quantitative estimate of drug-likeness (QED) is 0.425. The summed E-state index contributed by atoms with van der Waals surface area (Å²) in [6.07, 6.45) is 0.777. The molecular formula is C4H12N2O2S. The van der Waals surface area contributed by atoms with E-state index in [1.54, 1.807) is 0 Å². The number of hydrogen-bond donors (Lipinski definition) is 4. The predicted molar refractivity (Wildman–Crippen MR) is 38.3 cm³/mol. The lowest BCUT2D eigenvalue weighted by molar-refractivity contribution is 0.474. The molecule has 56 valence electrons. The van der Waals surface area contributed by atoms with Gasteiger partial charge in [-0.2, -0.15) is 0 Å². The SMILES string of the molecule is NS(O)(O)C1CCNC1. The van der Waals surface area contributed by atoms with Crippen molar-refractivity contribution in [2.45, 2.75) is 11.7 Å². The van der Waals surface area contributed by atoms with Gasteiger partial charge in [0.25, 0.3) is 0 Å². The van der Waals surface area contributed by atoms with Crippen molar-refractivity contribution in [1.29, 1.82) is 0 Å². The Bertz CT molecular complexity index is 97.2. The van der Waals surface area contributed by atoms with E-state index >= 15 is 0 Å². The molecule has 1 atom stereocenters. The molecule has 0 amide bonds. The Hall–Kier alpha value is 0.190. The van der Waals surface area contributed by atoms with Gasteiger partial charge < -0.3 is 5.32 Å². The van der Waals surface area contributed by atoms with Gasteiger partial charge in [0.1, 0.15) is 0 Å². The van der Waals surface area contributed by atoms with Crippen LogP contribution in [-0.4, -0.2) is 27.4 Å². The molecule has 4 nitrogen and oxygen atoms in total. The summed E-state index contributed by atoms with van der Waals surface area (Å²) >= 11 is 0. The molecule has 0 radical (unpaired) electrons. The Morgan fingerprint density at radius 2 is 2.22 bits per heavy atom. The van der Waals surface area contributed by atoms with Crippen LogP contribution in [-0.2, 0) is 0 Å². The van der Waals surface area contributed by atoms with Crippen molar-refractivity contribution >= 4 is 10.8 Å². The van der Waals surface area contributed by atoms with Crippen molar-refractivity contribution in [3.8, 4) is 0 Å². The molecule has 0 aliphatic carbocycles. The highest BCUT2D eigenvalue weighted by Crippen LogP contribution is 2.37. The van der Waals surface area contributed by atoms with E-state index in [1.165, 1.54) is 0 Å². The molecule has 0 aromatic heterocycles. The molecule has 1 heterocycles. The summed E-state index contributed by atoms with van der Waals surface area (Å²) in [6.45, 7) is 1.48. The molecule has 0 saturated carbocycles. The van der Waals surface area contributed by atoms with Crippen LogP contribution >= 0.6 is 10.8 Å². The van der Waals surface area contributed by atoms with E-state index in [0.717, 1.165) is 13.0 Å². The minimum atomic E-state index is -2.77. The number of hydrogen-bond acceptors (Lipinski definition) is 4. The maximum absolute atomic E-state index is 8.89. The third-order valence-corrected chi connectivity index (χ3v) is 2.89. The van der Waals surface area contributed by atoms with E-state index < -0.39 is 10.8 Å². The summed E-state index contributed by atoms with van der Waals surface area (Å²) in [5.41, 5.74) is 0. The van der Waals surface area contributed by atoms with E-state index in [2.05, 4.69) is 5.32 Å². The third-order valence-electron chi connectivity index (χ3n) is 1.51. The van der Waals surface area contributed by atoms with Gasteiger partial charge in [0.05, 0.1) is 5.25 Å². The molecule has 1 fully saturated rings. The van der Waals surface area contributed by atoms with Crippen molar-refractivity contribution < 1.29 is 9.11 Å². The Morgan fingerprint density at radius 3 is 2.44 bits per heavy atom. The van der Waals surface area contributed by atoms with Crippen LogP contribution in [0.1, 0.15) is 6.42 Å². The summed E-state index contributed by atoms with van der Waals surface area (Å²) in [5, 5.41) is 7.97. The van der Waals surface area contributed by atoms with Gasteiger partial charge in [-0.1, -0.05) is 0 Å². The standard InChI is InChI=1S/C4H12N2O2S/c5-9(7,8)4-1-2-6-3-4/h4,6-8H,1-3,5H2. The van der Waals surface area contributed by atoms with Gasteiger partial charge in [0.2, 0.25) is 0 Å². The zero-order valence-corrected chi connectivity index (χ0v) is 5.90. The van der Waals surface area contributed by atoms with Crippen LogP contribution < -0.4 is 10.5 Å². The average Bonchev–Trinajstić information content (AvgIpc) is 2.08. The minimum Gasteiger partial charge on any atom is -0.315 e. The second-order valence-electron chi connectivity index (χ2n) is 2.25. The molecule has 0 aromatic carbocycles. The van der Waals surface area contributed by atoms with Crippen molar-refractivity contribution in [2.75, 3.05) is 13.1 Å². The molecule has 0 spiro atoms. The van der Waals surface area contributed by atoms with Crippen molar-refractivity contribution in [3.05, 3.63) is 0 Å². The topological polar surface area (TPSA) is 78.5 Å². The molecule has 9 heavy (non-hydrogen) atoms. The van der Waals surface area contributed by atoms with Crippen LogP contribution in [0, 0.1) is 0 Å². The van der Waals surface area contributed by atoms with Crippen LogP contribution in [0.25, 0.3) is 0 Å². The number of nitrogens with one attached hydrogen (secondary N) is 1. The number of rotatable bonds is 1. The van der Waals surface area contributed by atoms with E-state index in [4.69, 9.17) is 14.2 Å². The summed E-state index contributed by atoms with van der Waals surface area (Å²) in [4.78, 5) is 0. The monoisotopic (exact) mass is 152 g/mol. The van der Waals surface area contributed by atoms with Crippen molar-refractivity contribution in [3.63, 3.8) is 0 Å². The molecule has 5 N–H and O–H groups in total. The zero-order chi connectivity index (χ0) is 6.91. The van der Waals surface area contributed by atoms with Gasteiger partial charge >= 0.3 is 0 Å². The first-order chi connectivity index (χ1) is 4.11. The first kappa shape index (κ1) is 7.30. The normalized spacial score (nSPS) is 30.8. The van der Waals surface area contributed by atoms with Gasteiger partial charge in [-0.3, -0.25) is 9.11 Å². The molecular weight excluding hydrogens is 140 g/mol. The van der Waals surface area contributed by atoms with E-state index in [-0.39, 0.29) is 5.25 Å². The first-order valence-corrected chi connectivity index (χ1v) is 4.53. The molecule has 1 aliphatic rings. The lowest BCUT2D eigenvalue weighted by Gasteiger charge is -2.32. The second-order valence-corrected chi connectivity index (χ2v) is 4.20. The van der Waals surface area contributed by atoms with Crippen LogP contribution in [0.3, 0.4) is 0 Å². The minimum absolute atomic E-state index is 0.127. The Kier molecular flexibility index (Phi) is 1.97. The largest absolute Gasteiger partial charge is 0.315 e. The van der Waals surface area contributed by atoms with Gasteiger partial charge in [0.15, 0.2) is 0 Å². The maximum Gasteiger partial charge on any atom is 0.0772 e. The second kappa shape index (κ2) is 2.43. The Morgan fingerprint density at radius 1 is 1.56 bits per heavy atom. The Balaban J connectivity index is 2.42. The summed E-state index contributed by atoms with van der Waals surface area (Å²) in [7, 11) is -2.77. The molecule has 0 bridgehead atoms. The van der Waals surface area contributed by atoms with Crippen LogP contribution in [0.4, 0.5) is 0 Å². The van der Waals surface area contributed by atoms with Gasteiger partial charge in [-0.15, -0.1) is 10.8 Å². The molecule has 1 unspecified atom stereocenters. The highest BCUT2D eigenvalue weighted by atomic mass is 32.3. The third kappa shape index (κ3) is 1.80. The molecule has 5 heteroatoms. The lowest BCUT2D eigenvalue weighted by Crippen LogP contribution is -2.26. The van der Waals surface area contributed by atoms with Gasteiger partial charge in [0, 0.05) is 6.54 Å². The summed E-state index contributed by atoms with van der Waals surface area (Å²) < 4.78 is 17.8. The highest BCUT2D eigenvalue weighted by Gasteiger charge is 2.24. The first-order valence-electron chi connectivity index (χ1n) is 2.86. The predicted octanol–water partition coefficient (Wildman–Crippen LogP) is -0.0274. The fourth-order valence-electron chi connectivity index (χ4n) is 0.924. The number of nitrogens with two attached hydrogens (primary N) is 1. The molecule has 0 aromatic rings. The van der Waals surface area contributed by atoms with Crippen molar-refractivity contribution in [2.24, 2.45) is 5.14 Å². The average molecular weight is 152 g/mol. The zero-order valence-electron chi connectivity index (χ0n) is 5.08. The van der Waals surface area contributed by atoms with Crippen LogP contribution in [0.2, 0.25) is 0 Å². The van der Waals surface area contributed by atoms with Crippen molar-refractivity contribution in [1.82, 2.24) is 5.32 Å².